The highest BCUT2D eigenvalue weighted by Gasteiger charge is 2.90. The zero-order valence-electron chi connectivity index (χ0n) is 31.8. The first-order valence-corrected chi connectivity index (χ1v) is 21.5. The fourth-order valence-electron chi connectivity index (χ4n) is 5.27. The maximum absolute atomic E-state index is 13.6. The first-order valence-electron chi connectivity index (χ1n) is 17.6. The minimum atomic E-state index is -7.91. The molecule has 0 radical (unpaired) electrons. The van der Waals surface area contributed by atoms with Crippen LogP contribution in [0.1, 0.15) is 116 Å². The molecule has 0 heterocycles. The standard InChI is InChI=1S/C21H46O3Si.C11H13F13O3Si/c1-5-6-7-8-9-10-11-12-13-14-15-16-17-18-19-20-21-25(22-2,23-3)24-4;1-25-28(26-2,27-3)5-4-6(12,13)7(14,15)8(16,17)9(18,19)10(20,21)11(22,23)24/h5-21H2,1-4H3;4-5H2,1-3H3. The highest BCUT2D eigenvalue weighted by Crippen LogP contribution is 2.61. The first-order chi connectivity index (χ1) is 24.4. The largest absolute Gasteiger partial charge is 0.500 e. The van der Waals surface area contributed by atoms with E-state index in [9.17, 15) is 57.1 Å². The molecule has 0 aromatic heterocycles. The molecule has 0 N–H and O–H groups in total. The van der Waals surface area contributed by atoms with Crippen molar-refractivity contribution >= 4 is 17.6 Å². The minimum Gasteiger partial charge on any atom is -0.377 e. The second-order valence-corrected chi connectivity index (χ2v) is 18.8. The van der Waals surface area contributed by atoms with Crippen LogP contribution in [-0.4, -0.2) is 96.1 Å². The summed E-state index contributed by atoms with van der Waals surface area (Å²) in [4.78, 5) is 0. The van der Waals surface area contributed by atoms with E-state index in [2.05, 4.69) is 20.2 Å². The van der Waals surface area contributed by atoms with E-state index in [1.165, 1.54) is 96.3 Å². The maximum Gasteiger partial charge on any atom is 0.500 e. The van der Waals surface area contributed by atoms with Crippen LogP contribution >= 0.6 is 0 Å². The van der Waals surface area contributed by atoms with Gasteiger partial charge in [-0.15, -0.1) is 0 Å². The third-order valence-electron chi connectivity index (χ3n) is 8.95. The molecule has 0 unspecified atom stereocenters. The van der Waals surface area contributed by atoms with Gasteiger partial charge in [0.05, 0.1) is 0 Å². The molecule has 0 aliphatic heterocycles. The normalized spacial score (nSPS) is 14.0. The summed E-state index contributed by atoms with van der Waals surface area (Å²) in [6.07, 6.45) is 12.5. The van der Waals surface area contributed by atoms with E-state index in [4.69, 9.17) is 13.3 Å². The Morgan fingerprint density at radius 1 is 0.340 bits per heavy atom. The van der Waals surface area contributed by atoms with Crippen LogP contribution in [0.4, 0.5) is 57.1 Å². The van der Waals surface area contributed by atoms with E-state index in [1.54, 1.807) is 21.3 Å². The lowest BCUT2D eigenvalue weighted by atomic mass is 9.93. The van der Waals surface area contributed by atoms with Crippen LogP contribution in [0, 0.1) is 0 Å². The molecule has 0 fully saturated rings. The van der Waals surface area contributed by atoms with Gasteiger partial charge >= 0.3 is 53.4 Å². The van der Waals surface area contributed by atoms with Gasteiger partial charge in [0.25, 0.3) is 0 Å². The van der Waals surface area contributed by atoms with Gasteiger partial charge in [0, 0.05) is 61.2 Å². The molecule has 0 aromatic rings. The van der Waals surface area contributed by atoms with Crippen LogP contribution in [0.5, 0.6) is 0 Å². The lowest BCUT2D eigenvalue weighted by Gasteiger charge is -2.40. The van der Waals surface area contributed by atoms with Crippen molar-refractivity contribution in [2.75, 3.05) is 42.7 Å². The monoisotopic (exact) mass is 842 g/mol. The van der Waals surface area contributed by atoms with Crippen molar-refractivity contribution in [3.8, 4) is 0 Å². The van der Waals surface area contributed by atoms with E-state index >= 15 is 0 Å². The topological polar surface area (TPSA) is 55.4 Å². The zero-order chi connectivity index (χ0) is 41.7. The second kappa shape index (κ2) is 24.8. The van der Waals surface area contributed by atoms with Crippen molar-refractivity contribution in [2.24, 2.45) is 0 Å². The van der Waals surface area contributed by atoms with Gasteiger partial charge in [0.15, 0.2) is 0 Å². The molecule has 0 amide bonds. The van der Waals surface area contributed by atoms with Crippen LogP contribution in [0.25, 0.3) is 0 Å². The molecule has 21 heteroatoms. The van der Waals surface area contributed by atoms with Gasteiger partial charge in [0.1, 0.15) is 0 Å². The van der Waals surface area contributed by atoms with Crippen molar-refractivity contribution in [1.29, 1.82) is 0 Å². The van der Waals surface area contributed by atoms with E-state index in [0.29, 0.717) is 0 Å². The molecule has 0 aliphatic rings. The smallest absolute Gasteiger partial charge is 0.377 e. The summed E-state index contributed by atoms with van der Waals surface area (Å²) >= 11 is 0. The van der Waals surface area contributed by atoms with Crippen LogP contribution in [0.2, 0.25) is 12.1 Å². The minimum absolute atomic E-state index is 0.780. The van der Waals surface area contributed by atoms with Crippen LogP contribution in [0.3, 0.4) is 0 Å². The van der Waals surface area contributed by atoms with Gasteiger partial charge in [0.2, 0.25) is 0 Å². The molecular formula is C32H59F13O6Si2. The molecule has 0 atom stereocenters. The number of hydrogen-bond donors (Lipinski definition) is 0. The molecule has 0 rings (SSSR count). The maximum atomic E-state index is 13.6. The quantitative estimate of drug-likeness (QED) is 0.0408. The van der Waals surface area contributed by atoms with Crippen molar-refractivity contribution in [1.82, 2.24) is 0 Å². The Balaban J connectivity index is 0. The van der Waals surface area contributed by atoms with Crippen LogP contribution < -0.4 is 0 Å². The predicted molar refractivity (Wildman–Crippen MR) is 178 cm³/mol. The molecule has 322 valence electrons. The summed E-state index contributed by atoms with van der Waals surface area (Å²) in [5.74, 6) is -37.0. The van der Waals surface area contributed by atoms with Crippen molar-refractivity contribution in [2.45, 2.75) is 164 Å². The molecule has 0 bridgehead atoms. The van der Waals surface area contributed by atoms with E-state index in [0.717, 1.165) is 33.8 Å². The molecule has 53 heavy (non-hydrogen) atoms. The Labute approximate surface area is 307 Å². The Morgan fingerprint density at radius 2 is 0.604 bits per heavy atom. The Morgan fingerprint density at radius 3 is 0.887 bits per heavy atom. The summed E-state index contributed by atoms with van der Waals surface area (Å²) in [5, 5.41) is 0. The van der Waals surface area contributed by atoms with Gasteiger partial charge in [-0.3, -0.25) is 0 Å². The molecule has 6 nitrogen and oxygen atoms in total. The zero-order valence-corrected chi connectivity index (χ0v) is 33.8. The summed E-state index contributed by atoms with van der Waals surface area (Å²) in [6, 6.07) is -0.453. The van der Waals surface area contributed by atoms with Crippen molar-refractivity contribution in [3.63, 3.8) is 0 Å². The molecular weight excluding hydrogens is 783 g/mol. The molecule has 0 saturated heterocycles. The highest BCUT2D eigenvalue weighted by atomic mass is 28.4. The van der Waals surface area contributed by atoms with E-state index in [1.807, 2.05) is 0 Å². The predicted octanol–water partition coefficient (Wildman–Crippen LogP) is 12.1. The number of rotatable bonds is 30. The summed E-state index contributed by atoms with van der Waals surface area (Å²) in [6.45, 7) is 2.29. The molecule has 0 aromatic carbocycles. The lowest BCUT2D eigenvalue weighted by molar-refractivity contribution is -0.440. The van der Waals surface area contributed by atoms with Gasteiger partial charge in [-0.05, 0) is 6.42 Å². The Hall–Kier alpha value is -0.716. The van der Waals surface area contributed by atoms with Gasteiger partial charge < -0.3 is 26.6 Å². The van der Waals surface area contributed by atoms with Crippen LogP contribution in [0.15, 0.2) is 0 Å². The molecule has 0 aliphatic carbocycles. The second-order valence-electron chi connectivity index (χ2n) is 12.6. The van der Waals surface area contributed by atoms with Gasteiger partial charge in [-0.25, -0.2) is 0 Å². The van der Waals surface area contributed by atoms with E-state index < -0.39 is 65.9 Å². The third kappa shape index (κ3) is 16.0. The fraction of sp³-hybridized carbons (Fsp3) is 1.00. The average molecular weight is 843 g/mol. The number of unbranched alkanes of at least 4 members (excludes halogenated alkanes) is 15. The number of alkyl halides is 13. The Kier molecular flexibility index (Phi) is 25.5. The number of halogens is 13. The summed E-state index contributed by atoms with van der Waals surface area (Å²) < 4.78 is 198. The van der Waals surface area contributed by atoms with E-state index in [-0.39, 0.29) is 0 Å². The van der Waals surface area contributed by atoms with Crippen molar-refractivity contribution < 1.29 is 83.6 Å². The fourth-order valence-corrected chi connectivity index (χ4v) is 8.80. The highest BCUT2D eigenvalue weighted by molar-refractivity contribution is 6.60. The SMILES string of the molecule is CCCCCCCCCCCCCCCCCC[Si](OC)(OC)OC.CO[Si](CCC(F)(F)C(F)(F)C(F)(F)C(F)(F)C(F)(F)C(F)(F)F)(OC)OC. The number of hydrogen-bond acceptors (Lipinski definition) is 6. The van der Waals surface area contributed by atoms with Gasteiger partial charge in [-0.1, -0.05) is 103 Å². The summed E-state index contributed by atoms with van der Waals surface area (Å²) in [7, 11) is 0.964. The average Bonchev–Trinajstić information content (AvgIpc) is 3.10. The first kappa shape index (κ1) is 54.4. The third-order valence-corrected chi connectivity index (χ3v) is 14.5. The molecule has 0 spiro atoms. The Bertz CT molecular complexity index is 924. The lowest BCUT2D eigenvalue weighted by Crippen LogP contribution is -2.70. The molecule has 0 saturated carbocycles. The van der Waals surface area contributed by atoms with Crippen molar-refractivity contribution in [3.05, 3.63) is 0 Å². The summed E-state index contributed by atoms with van der Waals surface area (Å²) in [5.41, 5.74) is 0. The van der Waals surface area contributed by atoms with Crippen LogP contribution in [-0.2, 0) is 26.6 Å². The van der Waals surface area contributed by atoms with Gasteiger partial charge in [-0.2, -0.15) is 57.1 Å².